The van der Waals surface area contributed by atoms with Gasteiger partial charge in [-0.3, -0.25) is 9.69 Å². The highest BCUT2D eigenvalue weighted by molar-refractivity contribution is 6.21. The quantitative estimate of drug-likeness (QED) is 0.254. The molecule has 0 atom stereocenters. The topological polar surface area (TPSA) is 114 Å². The van der Waals surface area contributed by atoms with Crippen molar-refractivity contribution in [3.63, 3.8) is 0 Å². The number of hydrogen-bond donors (Lipinski definition) is 2. The second kappa shape index (κ2) is 12.9. The van der Waals surface area contributed by atoms with Gasteiger partial charge in [0.2, 0.25) is 5.91 Å². The fourth-order valence-electron chi connectivity index (χ4n) is 4.70. The maximum atomic E-state index is 12.9. The molecule has 10 nitrogen and oxygen atoms in total. The molecule has 4 aromatic rings. The number of aromatic nitrogens is 2. The summed E-state index contributed by atoms with van der Waals surface area (Å²) in [5.41, 5.74) is 3.68. The van der Waals surface area contributed by atoms with Crippen LogP contribution in [0.5, 0.6) is 5.88 Å². The lowest BCUT2D eigenvalue weighted by Gasteiger charge is -2.32. The van der Waals surface area contributed by atoms with E-state index in [-0.39, 0.29) is 29.9 Å². The highest BCUT2D eigenvalue weighted by atomic mass is 35.5. The summed E-state index contributed by atoms with van der Waals surface area (Å²) in [6.07, 6.45) is 0. The van der Waals surface area contributed by atoms with Crippen molar-refractivity contribution in [1.82, 2.24) is 19.8 Å². The van der Waals surface area contributed by atoms with Crippen molar-refractivity contribution in [2.45, 2.75) is 0 Å². The van der Waals surface area contributed by atoms with E-state index in [0.29, 0.717) is 34.5 Å². The number of ether oxygens (including phenoxy) is 1. The van der Waals surface area contributed by atoms with Crippen LogP contribution < -0.4 is 4.90 Å². The first kappa shape index (κ1) is 29.7. The molecule has 1 saturated heterocycles. The van der Waals surface area contributed by atoms with E-state index in [4.69, 9.17) is 9.73 Å². The number of nitrogens with zero attached hydrogens (tertiary/aromatic N) is 5. The van der Waals surface area contributed by atoms with Crippen molar-refractivity contribution in [1.29, 1.82) is 0 Å². The van der Waals surface area contributed by atoms with Crippen LogP contribution in [0, 0.1) is 0 Å². The molecule has 0 aliphatic carbocycles. The number of H-pyrrole nitrogens is 1. The third kappa shape index (κ3) is 6.57. The van der Waals surface area contributed by atoms with Gasteiger partial charge in [-0.2, -0.15) is 0 Å². The zero-order valence-electron chi connectivity index (χ0n) is 23.2. The minimum Gasteiger partial charge on any atom is -0.494 e. The number of piperazine rings is 1. The van der Waals surface area contributed by atoms with Gasteiger partial charge in [-0.05, 0) is 43.4 Å². The molecule has 0 bridgehead atoms. The predicted octanol–water partition coefficient (Wildman–Crippen LogP) is 3.86. The second-order valence-corrected chi connectivity index (χ2v) is 9.81. The summed E-state index contributed by atoms with van der Waals surface area (Å²) in [5.74, 6) is -0.646. The summed E-state index contributed by atoms with van der Waals surface area (Å²) < 4.78 is 4.77. The number of aromatic hydroxyl groups is 1. The lowest BCUT2D eigenvalue weighted by Crippen LogP contribution is -2.48. The number of carbonyl (C=O) groups excluding carboxylic acids is 2. The monoisotopic (exact) mass is 576 g/mol. The van der Waals surface area contributed by atoms with Crippen LogP contribution in [0.15, 0.2) is 71.7 Å². The average molecular weight is 577 g/mol. The molecule has 2 aromatic heterocycles. The van der Waals surface area contributed by atoms with E-state index in [1.807, 2.05) is 54.6 Å². The third-order valence-electron chi connectivity index (χ3n) is 7.12. The van der Waals surface area contributed by atoms with Crippen LogP contribution in [0.3, 0.4) is 0 Å². The Morgan fingerprint density at radius 1 is 1.02 bits per heavy atom. The number of hydrogen-bond acceptors (Lipinski definition) is 8. The van der Waals surface area contributed by atoms with E-state index in [9.17, 15) is 14.7 Å². The lowest BCUT2D eigenvalue weighted by atomic mass is 10.0. The van der Waals surface area contributed by atoms with Gasteiger partial charge in [0.25, 0.3) is 0 Å². The van der Waals surface area contributed by atoms with Crippen LogP contribution in [0.25, 0.3) is 11.0 Å². The molecule has 2 aromatic carbocycles. The largest absolute Gasteiger partial charge is 0.494 e. The van der Waals surface area contributed by atoms with E-state index in [0.717, 1.165) is 37.4 Å². The first-order valence-electron chi connectivity index (χ1n) is 13.1. The number of aliphatic imine (C=N–C) groups is 1. The second-order valence-electron chi connectivity index (χ2n) is 9.81. The SMILES string of the molecule is COC(=O)c1ccc2c(C(=Nc3ccc(N(C)C(=O)CN4CCN(C)CC4)cc3)c3ccccc3)c(O)[nH]c2n1.Cl. The van der Waals surface area contributed by atoms with Crippen LogP contribution in [-0.2, 0) is 9.53 Å². The molecule has 0 unspecified atom stereocenters. The Labute approximate surface area is 244 Å². The van der Waals surface area contributed by atoms with Gasteiger partial charge >= 0.3 is 5.97 Å². The van der Waals surface area contributed by atoms with E-state index in [2.05, 4.69) is 26.8 Å². The Hall–Kier alpha value is -4.25. The van der Waals surface area contributed by atoms with Gasteiger partial charge in [0.1, 0.15) is 5.65 Å². The molecular formula is C30H33ClN6O4. The summed E-state index contributed by atoms with van der Waals surface area (Å²) in [4.78, 5) is 43.1. The van der Waals surface area contributed by atoms with Crippen LogP contribution in [-0.4, -0.2) is 96.4 Å². The van der Waals surface area contributed by atoms with Crippen LogP contribution >= 0.6 is 12.4 Å². The number of amides is 1. The van der Waals surface area contributed by atoms with Crippen molar-refractivity contribution < 1.29 is 19.4 Å². The van der Waals surface area contributed by atoms with Crippen molar-refractivity contribution >= 4 is 52.4 Å². The van der Waals surface area contributed by atoms with Crippen molar-refractivity contribution in [3.8, 4) is 5.88 Å². The van der Waals surface area contributed by atoms with E-state index < -0.39 is 5.97 Å². The van der Waals surface area contributed by atoms with E-state index >= 15 is 0 Å². The number of likely N-dealkylation sites (N-methyl/N-ethyl adjacent to an activating group) is 2. The van der Waals surface area contributed by atoms with Gasteiger partial charge < -0.3 is 24.6 Å². The van der Waals surface area contributed by atoms with Crippen LogP contribution in [0.4, 0.5) is 11.4 Å². The Balaban J connectivity index is 0.00000387. The summed E-state index contributed by atoms with van der Waals surface area (Å²) in [6, 6.07) is 20.2. The number of carbonyl (C=O) groups is 2. The van der Waals surface area contributed by atoms with Gasteiger partial charge in [0, 0.05) is 49.9 Å². The molecule has 5 rings (SSSR count). The molecule has 0 spiro atoms. The molecule has 41 heavy (non-hydrogen) atoms. The van der Waals surface area contributed by atoms with Crippen molar-refractivity contribution in [2.75, 3.05) is 58.8 Å². The van der Waals surface area contributed by atoms with Gasteiger partial charge in [0.05, 0.1) is 30.6 Å². The van der Waals surface area contributed by atoms with Crippen molar-refractivity contribution in [2.24, 2.45) is 4.99 Å². The lowest BCUT2D eigenvalue weighted by molar-refractivity contribution is -0.119. The number of nitrogens with one attached hydrogen (secondary N) is 1. The highest BCUT2D eigenvalue weighted by Crippen LogP contribution is 2.31. The molecule has 1 fully saturated rings. The summed E-state index contributed by atoms with van der Waals surface area (Å²) >= 11 is 0. The van der Waals surface area contributed by atoms with E-state index in [1.165, 1.54) is 7.11 Å². The number of fused-ring (bicyclic) bond motifs is 1. The molecule has 1 amide bonds. The average Bonchev–Trinajstić information content (AvgIpc) is 3.31. The number of halogens is 1. The van der Waals surface area contributed by atoms with Gasteiger partial charge in [-0.1, -0.05) is 30.3 Å². The zero-order valence-corrected chi connectivity index (χ0v) is 24.0. The Bertz CT molecular complexity index is 1550. The Morgan fingerprint density at radius 3 is 2.37 bits per heavy atom. The first-order chi connectivity index (χ1) is 19.3. The number of esters is 1. The minimum atomic E-state index is -0.568. The number of benzene rings is 2. The number of methoxy groups -OCH3 is 1. The molecule has 0 radical (unpaired) electrons. The molecule has 2 N–H and O–H groups in total. The van der Waals surface area contributed by atoms with Crippen molar-refractivity contribution in [3.05, 3.63) is 83.6 Å². The number of rotatable bonds is 7. The highest BCUT2D eigenvalue weighted by Gasteiger charge is 2.22. The molecule has 214 valence electrons. The molecule has 0 saturated carbocycles. The maximum Gasteiger partial charge on any atom is 0.356 e. The third-order valence-corrected chi connectivity index (χ3v) is 7.12. The maximum absolute atomic E-state index is 12.9. The Morgan fingerprint density at radius 2 is 1.71 bits per heavy atom. The smallest absolute Gasteiger partial charge is 0.356 e. The fourth-order valence-corrected chi connectivity index (χ4v) is 4.70. The standard InChI is InChI=1S/C30H32N6O4.ClH/c1-34-15-17-36(18-16-34)19-25(37)35(2)22-11-9-21(10-12-22)31-27(20-7-5-4-6-8-20)26-23-13-14-24(30(39)40-3)32-28(23)33-29(26)38;/h4-14,38H,15-19H2,1-3H3,(H,32,33);1H. The number of pyridine rings is 1. The van der Waals surface area contributed by atoms with Gasteiger partial charge in [-0.25, -0.2) is 14.8 Å². The number of anilines is 1. The zero-order chi connectivity index (χ0) is 28.2. The van der Waals surface area contributed by atoms with Gasteiger partial charge in [-0.15, -0.1) is 12.4 Å². The van der Waals surface area contributed by atoms with Gasteiger partial charge in [0.15, 0.2) is 11.6 Å². The normalized spacial score (nSPS) is 14.5. The molecule has 1 aliphatic heterocycles. The van der Waals surface area contributed by atoms with E-state index in [1.54, 1.807) is 24.1 Å². The van der Waals surface area contributed by atoms with Crippen LogP contribution in [0.2, 0.25) is 0 Å². The molecule has 11 heteroatoms. The first-order valence-corrected chi connectivity index (χ1v) is 13.1. The molecule has 1 aliphatic rings. The summed E-state index contributed by atoms with van der Waals surface area (Å²) in [6.45, 7) is 4.07. The molecular weight excluding hydrogens is 544 g/mol. The minimum absolute atomic E-state index is 0. The summed E-state index contributed by atoms with van der Waals surface area (Å²) in [5, 5.41) is 11.5. The molecule has 3 heterocycles. The fraction of sp³-hybridized carbons (Fsp3) is 0.267. The van der Waals surface area contributed by atoms with Crippen LogP contribution in [0.1, 0.15) is 21.6 Å². The predicted molar refractivity (Wildman–Crippen MR) is 162 cm³/mol. The number of aromatic amines is 1. The summed E-state index contributed by atoms with van der Waals surface area (Å²) in [7, 11) is 5.17. The Kier molecular flexibility index (Phi) is 9.38.